The summed E-state index contributed by atoms with van der Waals surface area (Å²) in [5.41, 5.74) is 0.425. The molecule has 0 radical (unpaired) electrons. The Kier molecular flexibility index (Phi) is 6.42. The number of urea groups is 1. The lowest BCUT2D eigenvalue weighted by Gasteiger charge is -2.29. The van der Waals surface area contributed by atoms with Crippen molar-refractivity contribution in [2.45, 2.75) is 18.9 Å². The molecule has 2 rings (SSSR count). The molecule has 5 nitrogen and oxygen atoms in total. The van der Waals surface area contributed by atoms with Crippen molar-refractivity contribution in [3.05, 3.63) is 34.6 Å². The molecule has 3 N–H and O–H groups in total. The Hall–Kier alpha value is -1.37. The Bertz CT molecular complexity index is 489. The zero-order chi connectivity index (χ0) is 15.9. The maximum Gasteiger partial charge on any atom is 0.314 e. The Morgan fingerprint density at radius 1 is 1.36 bits per heavy atom. The summed E-state index contributed by atoms with van der Waals surface area (Å²) < 4.78 is 14.2. The number of likely N-dealkylation sites (tertiary alicyclic amines) is 1. The smallest absolute Gasteiger partial charge is 0.314 e. The lowest BCUT2D eigenvalue weighted by Crippen LogP contribution is -2.42. The van der Waals surface area contributed by atoms with Crippen molar-refractivity contribution in [1.82, 2.24) is 15.5 Å². The molecule has 1 unspecified atom stereocenters. The Morgan fingerprint density at radius 2 is 2.09 bits per heavy atom. The summed E-state index contributed by atoms with van der Waals surface area (Å²) in [6.07, 6.45) is 2.11. The molecular weight excluding hydrogens is 309 g/mol. The van der Waals surface area contributed by atoms with E-state index in [0.29, 0.717) is 10.6 Å². The van der Waals surface area contributed by atoms with Crippen molar-refractivity contribution in [1.29, 1.82) is 0 Å². The third-order valence-corrected chi connectivity index (χ3v) is 4.10. The molecule has 0 aromatic heterocycles. The monoisotopic (exact) mass is 329 g/mol. The number of benzene rings is 1. The highest BCUT2D eigenvalue weighted by Crippen LogP contribution is 2.31. The van der Waals surface area contributed by atoms with E-state index in [-0.39, 0.29) is 37.6 Å². The van der Waals surface area contributed by atoms with Crippen molar-refractivity contribution in [2.24, 2.45) is 0 Å². The van der Waals surface area contributed by atoms with E-state index in [1.54, 1.807) is 12.1 Å². The molecule has 1 aromatic rings. The zero-order valence-electron chi connectivity index (χ0n) is 12.3. The van der Waals surface area contributed by atoms with E-state index >= 15 is 0 Å². The van der Waals surface area contributed by atoms with Gasteiger partial charge >= 0.3 is 6.03 Å². The van der Waals surface area contributed by atoms with Crippen molar-refractivity contribution in [3.8, 4) is 0 Å². The number of rotatable bonds is 6. The molecule has 1 fully saturated rings. The maximum absolute atomic E-state index is 14.2. The van der Waals surface area contributed by atoms with Crippen LogP contribution in [0.3, 0.4) is 0 Å². The van der Waals surface area contributed by atoms with Crippen LogP contribution >= 0.6 is 11.6 Å². The molecule has 22 heavy (non-hydrogen) atoms. The summed E-state index contributed by atoms with van der Waals surface area (Å²) in [5.74, 6) is -0.359. The van der Waals surface area contributed by atoms with Gasteiger partial charge < -0.3 is 15.7 Å². The fraction of sp³-hybridized carbons (Fsp3) is 0.533. The molecule has 1 aliphatic heterocycles. The minimum Gasteiger partial charge on any atom is -0.395 e. The summed E-state index contributed by atoms with van der Waals surface area (Å²) in [5, 5.41) is 14.3. The lowest BCUT2D eigenvalue weighted by atomic mass is 10.0. The first-order valence-corrected chi connectivity index (χ1v) is 7.81. The van der Waals surface area contributed by atoms with Crippen LogP contribution in [-0.4, -0.2) is 48.8 Å². The van der Waals surface area contributed by atoms with E-state index in [4.69, 9.17) is 16.7 Å². The number of nitrogens with zero attached hydrogens (tertiary/aromatic N) is 1. The van der Waals surface area contributed by atoms with Gasteiger partial charge in [-0.15, -0.1) is 0 Å². The van der Waals surface area contributed by atoms with Crippen LogP contribution in [0, 0.1) is 5.82 Å². The first-order chi connectivity index (χ1) is 10.6. The van der Waals surface area contributed by atoms with Crippen molar-refractivity contribution in [3.63, 3.8) is 0 Å². The van der Waals surface area contributed by atoms with E-state index in [1.165, 1.54) is 6.07 Å². The van der Waals surface area contributed by atoms with E-state index in [9.17, 15) is 9.18 Å². The fourth-order valence-corrected chi connectivity index (χ4v) is 3.01. The maximum atomic E-state index is 14.2. The predicted octanol–water partition coefficient (Wildman–Crippen LogP) is 1.91. The highest BCUT2D eigenvalue weighted by atomic mass is 35.5. The third kappa shape index (κ3) is 4.32. The number of aliphatic hydroxyl groups excluding tert-OH is 1. The standard InChI is InChI=1S/C15H21ClFN3O2/c16-11-4-3-5-12(17)14(11)13(20-7-1-2-8-20)10-19-15(22)18-6-9-21/h3-5,13,21H,1-2,6-10H2,(H2,18,19,22). The molecule has 1 aliphatic rings. The van der Waals surface area contributed by atoms with Crippen molar-refractivity contribution >= 4 is 17.6 Å². The van der Waals surface area contributed by atoms with Gasteiger partial charge in [0, 0.05) is 23.7 Å². The van der Waals surface area contributed by atoms with Crippen molar-refractivity contribution in [2.75, 3.05) is 32.8 Å². The molecule has 1 heterocycles. The van der Waals surface area contributed by atoms with Gasteiger partial charge in [-0.3, -0.25) is 4.90 Å². The fourth-order valence-electron chi connectivity index (χ4n) is 2.72. The quantitative estimate of drug-likeness (QED) is 0.747. The average Bonchev–Trinajstić information content (AvgIpc) is 3.02. The Morgan fingerprint density at radius 3 is 2.73 bits per heavy atom. The molecule has 0 aliphatic carbocycles. The predicted molar refractivity (Wildman–Crippen MR) is 83.4 cm³/mol. The molecule has 2 amide bonds. The molecule has 0 spiro atoms. The number of hydrogen-bond donors (Lipinski definition) is 3. The average molecular weight is 330 g/mol. The number of carbonyl (C=O) groups is 1. The molecular formula is C15H21ClFN3O2. The SMILES string of the molecule is O=C(NCCO)NCC(c1c(F)cccc1Cl)N1CCCC1. The molecule has 1 saturated heterocycles. The van der Waals surface area contributed by atoms with Gasteiger partial charge in [-0.25, -0.2) is 9.18 Å². The van der Waals surface area contributed by atoms with Gasteiger partial charge in [0.15, 0.2) is 0 Å². The summed E-state index contributed by atoms with van der Waals surface area (Å²) >= 11 is 6.17. The third-order valence-electron chi connectivity index (χ3n) is 3.77. The first kappa shape index (κ1) is 17.0. The minimum atomic E-state index is -0.384. The van der Waals surface area contributed by atoms with Gasteiger partial charge in [-0.1, -0.05) is 17.7 Å². The normalized spacial score (nSPS) is 16.5. The van der Waals surface area contributed by atoms with Gasteiger partial charge in [-0.2, -0.15) is 0 Å². The lowest BCUT2D eigenvalue weighted by molar-refractivity contribution is 0.215. The molecule has 7 heteroatoms. The Labute approximate surface area is 134 Å². The van der Waals surface area contributed by atoms with Crippen LogP contribution < -0.4 is 10.6 Å². The second kappa shape index (κ2) is 8.31. The number of carbonyl (C=O) groups excluding carboxylic acids is 1. The highest BCUT2D eigenvalue weighted by molar-refractivity contribution is 6.31. The van der Waals surface area contributed by atoms with Gasteiger partial charge in [0.05, 0.1) is 12.6 Å². The number of hydrogen-bond acceptors (Lipinski definition) is 3. The molecule has 122 valence electrons. The first-order valence-electron chi connectivity index (χ1n) is 7.44. The summed E-state index contributed by atoms with van der Waals surface area (Å²) in [6, 6.07) is 3.94. The van der Waals surface area contributed by atoms with Gasteiger partial charge in [0.2, 0.25) is 0 Å². The van der Waals surface area contributed by atoms with E-state index < -0.39 is 0 Å². The Balaban J connectivity index is 2.11. The van der Waals surface area contributed by atoms with Crippen LogP contribution in [0.25, 0.3) is 0 Å². The second-order valence-electron chi connectivity index (χ2n) is 5.25. The second-order valence-corrected chi connectivity index (χ2v) is 5.66. The van der Waals surface area contributed by atoms with E-state index in [0.717, 1.165) is 25.9 Å². The minimum absolute atomic E-state index is 0.123. The number of aliphatic hydroxyl groups is 1. The van der Waals surface area contributed by atoms with Crippen LogP contribution in [0.1, 0.15) is 24.4 Å². The highest BCUT2D eigenvalue weighted by Gasteiger charge is 2.27. The number of nitrogens with one attached hydrogen (secondary N) is 2. The largest absolute Gasteiger partial charge is 0.395 e. The van der Waals surface area contributed by atoms with Crippen molar-refractivity contribution < 1.29 is 14.3 Å². The zero-order valence-corrected chi connectivity index (χ0v) is 13.1. The van der Waals surface area contributed by atoms with Crippen LogP contribution in [-0.2, 0) is 0 Å². The molecule has 0 saturated carbocycles. The topological polar surface area (TPSA) is 64.6 Å². The van der Waals surface area contributed by atoms with Crippen LogP contribution in [0.2, 0.25) is 5.02 Å². The summed E-state index contributed by atoms with van der Waals surface area (Å²) in [4.78, 5) is 13.8. The summed E-state index contributed by atoms with van der Waals surface area (Å²) in [6.45, 7) is 2.03. The molecule has 1 atom stereocenters. The van der Waals surface area contributed by atoms with E-state index in [2.05, 4.69) is 15.5 Å². The van der Waals surface area contributed by atoms with Gasteiger partial charge in [0.25, 0.3) is 0 Å². The molecule has 1 aromatic carbocycles. The van der Waals surface area contributed by atoms with Gasteiger partial charge in [-0.05, 0) is 38.1 Å². The number of halogens is 2. The van der Waals surface area contributed by atoms with Crippen LogP contribution in [0.15, 0.2) is 18.2 Å². The van der Waals surface area contributed by atoms with Crippen LogP contribution in [0.5, 0.6) is 0 Å². The van der Waals surface area contributed by atoms with E-state index in [1.807, 2.05) is 0 Å². The summed E-state index contributed by atoms with van der Waals surface area (Å²) in [7, 11) is 0. The number of amides is 2. The van der Waals surface area contributed by atoms with Crippen LogP contribution in [0.4, 0.5) is 9.18 Å². The molecule has 0 bridgehead atoms. The van der Waals surface area contributed by atoms with Gasteiger partial charge in [0.1, 0.15) is 5.82 Å².